The van der Waals surface area contributed by atoms with Crippen LogP contribution in [0.2, 0.25) is 0 Å². The predicted octanol–water partition coefficient (Wildman–Crippen LogP) is 3.60. The first-order chi connectivity index (χ1) is 16.7. The number of esters is 1. The van der Waals surface area contributed by atoms with E-state index in [-0.39, 0.29) is 50.7 Å². The molecule has 35 heavy (non-hydrogen) atoms. The number of carbonyl (C=O) groups excluding carboxylic acids is 4. The van der Waals surface area contributed by atoms with Crippen LogP contribution in [0.3, 0.4) is 0 Å². The van der Waals surface area contributed by atoms with E-state index in [0.717, 1.165) is 6.07 Å². The van der Waals surface area contributed by atoms with E-state index in [0.29, 0.717) is 0 Å². The molecule has 0 saturated carbocycles. The molecule has 1 amide bonds. The minimum absolute atomic E-state index is 0.0568. The number of carbonyl (C=O) groups is 4. The van der Waals surface area contributed by atoms with Gasteiger partial charge in [0.25, 0.3) is 11.6 Å². The Morgan fingerprint density at radius 3 is 2.23 bits per heavy atom. The number of amides is 1. The van der Waals surface area contributed by atoms with Crippen LogP contribution >= 0.6 is 0 Å². The molecule has 0 aliphatic heterocycles. The summed E-state index contributed by atoms with van der Waals surface area (Å²) in [6, 6.07) is 14.7. The van der Waals surface area contributed by atoms with Gasteiger partial charge >= 0.3 is 5.97 Å². The number of hydrogen-bond acceptors (Lipinski definition) is 8. The van der Waals surface area contributed by atoms with E-state index in [1.165, 1.54) is 44.3 Å². The molecular formula is C25H19N3O7. The fraction of sp³-hybridized carbons (Fsp3) is 0.120. The number of nitro groups is 1. The van der Waals surface area contributed by atoms with E-state index in [1.807, 2.05) is 0 Å². The predicted molar refractivity (Wildman–Crippen MR) is 126 cm³/mol. The molecule has 4 rings (SSSR count). The maximum atomic E-state index is 13.1. The molecule has 3 aromatic rings. The molecule has 1 aliphatic carbocycles. The first-order valence-corrected chi connectivity index (χ1v) is 10.5. The van der Waals surface area contributed by atoms with E-state index in [1.54, 1.807) is 24.3 Å². The lowest BCUT2D eigenvalue weighted by Crippen LogP contribution is -2.31. The molecule has 0 bridgehead atoms. The second kappa shape index (κ2) is 9.18. The van der Waals surface area contributed by atoms with E-state index in [2.05, 4.69) is 10.6 Å². The Morgan fingerprint density at radius 2 is 1.57 bits per heavy atom. The van der Waals surface area contributed by atoms with Gasteiger partial charge in [-0.1, -0.05) is 36.4 Å². The number of ether oxygens (including phenoxy) is 1. The van der Waals surface area contributed by atoms with Crippen molar-refractivity contribution in [3.63, 3.8) is 0 Å². The summed E-state index contributed by atoms with van der Waals surface area (Å²) in [5, 5.41) is 16.4. The van der Waals surface area contributed by atoms with E-state index in [9.17, 15) is 29.3 Å². The van der Waals surface area contributed by atoms with Crippen molar-refractivity contribution in [2.24, 2.45) is 0 Å². The third-order valence-electron chi connectivity index (χ3n) is 5.56. The molecule has 1 atom stereocenters. The van der Waals surface area contributed by atoms with Crippen molar-refractivity contribution < 1.29 is 28.8 Å². The summed E-state index contributed by atoms with van der Waals surface area (Å²) >= 11 is 0. The maximum Gasteiger partial charge on any atom is 0.339 e. The zero-order valence-electron chi connectivity index (χ0n) is 18.7. The molecule has 0 radical (unpaired) electrons. The van der Waals surface area contributed by atoms with Crippen LogP contribution in [0, 0.1) is 10.1 Å². The summed E-state index contributed by atoms with van der Waals surface area (Å²) in [5.74, 6) is -2.43. The lowest BCUT2D eigenvalue weighted by atomic mass is 9.83. The normalized spacial score (nSPS) is 12.7. The molecule has 10 nitrogen and oxygen atoms in total. The van der Waals surface area contributed by atoms with Gasteiger partial charge < -0.3 is 15.4 Å². The standard InChI is InChI=1S/C25H19N3O7/c1-13(35-25(32)14-10-11-18(26-2)20(12-14)28(33)34)24(31)27-19-9-5-8-17-21(19)23(30)16-7-4-3-6-15(16)22(17)29/h3-13,26H,1-2H3,(H,27,31). The van der Waals surface area contributed by atoms with Gasteiger partial charge in [-0.3, -0.25) is 24.5 Å². The van der Waals surface area contributed by atoms with Crippen LogP contribution < -0.4 is 10.6 Å². The minimum atomic E-state index is -1.30. The molecule has 3 aromatic carbocycles. The highest BCUT2D eigenvalue weighted by Crippen LogP contribution is 2.32. The van der Waals surface area contributed by atoms with Gasteiger partial charge in [0.1, 0.15) is 5.69 Å². The van der Waals surface area contributed by atoms with Crippen molar-refractivity contribution in [2.45, 2.75) is 13.0 Å². The second-order valence-corrected chi connectivity index (χ2v) is 7.71. The highest BCUT2D eigenvalue weighted by molar-refractivity contribution is 6.30. The van der Waals surface area contributed by atoms with Crippen molar-refractivity contribution >= 4 is 40.5 Å². The Morgan fingerprint density at radius 1 is 0.914 bits per heavy atom. The van der Waals surface area contributed by atoms with Crippen molar-refractivity contribution in [3.05, 3.63) is 98.6 Å². The number of anilines is 2. The summed E-state index contributed by atoms with van der Waals surface area (Å²) in [6.07, 6.45) is -1.30. The van der Waals surface area contributed by atoms with Crippen LogP contribution in [0.25, 0.3) is 0 Å². The third-order valence-corrected chi connectivity index (χ3v) is 5.56. The second-order valence-electron chi connectivity index (χ2n) is 7.71. The van der Waals surface area contributed by atoms with Crippen molar-refractivity contribution in [3.8, 4) is 0 Å². The van der Waals surface area contributed by atoms with Gasteiger partial charge in [0, 0.05) is 29.8 Å². The van der Waals surface area contributed by atoms with Gasteiger partial charge in [0.05, 0.1) is 21.7 Å². The number of ketones is 2. The SMILES string of the molecule is CNc1ccc(C(=O)OC(C)C(=O)Nc2cccc3c2C(=O)c2ccccc2C3=O)cc1[N+](=O)[O-]. The summed E-state index contributed by atoms with van der Waals surface area (Å²) in [7, 11) is 1.51. The highest BCUT2D eigenvalue weighted by Gasteiger charge is 2.32. The summed E-state index contributed by atoms with van der Waals surface area (Å²) in [5.41, 5.74) is 0.633. The average Bonchev–Trinajstić information content (AvgIpc) is 2.86. The summed E-state index contributed by atoms with van der Waals surface area (Å²) in [6.45, 7) is 1.32. The molecule has 10 heteroatoms. The molecule has 2 N–H and O–H groups in total. The molecule has 0 saturated heterocycles. The first kappa shape index (κ1) is 23.3. The summed E-state index contributed by atoms with van der Waals surface area (Å²) < 4.78 is 5.18. The van der Waals surface area contributed by atoms with Crippen molar-refractivity contribution in [1.29, 1.82) is 0 Å². The Hall–Kier alpha value is -4.86. The van der Waals surface area contributed by atoms with Crippen LogP contribution in [-0.4, -0.2) is 41.5 Å². The maximum absolute atomic E-state index is 13.1. The van der Waals surface area contributed by atoms with E-state index >= 15 is 0 Å². The van der Waals surface area contributed by atoms with Crippen molar-refractivity contribution in [1.82, 2.24) is 0 Å². The molecular weight excluding hydrogens is 454 g/mol. The Balaban J connectivity index is 1.54. The Bertz CT molecular complexity index is 1410. The molecule has 1 aliphatic rings. The van der Waals surface area contributed by atoms with Crippen LogP contribution in [0.15, 0.2) is 60.7 Å². The minimum Gasteiger partial charge on any atom is -0.449 e. The van der Waals surface area contributed by atoms with Crippen LogP contribution in [-0.2, 0) is 9.53 Å². The fourth-order valence-electron chi connectivity index (χ4n) is 3.79. The number of nitrogens with zero attached hydrogens (tertiary/aromatic N) is 1. The Kier molecular flexibility index (Phi) is 6.11. The molecule has 0 spiro atoms. The van der Waals surface area contributed by atoms with Gasteiger partial charge in [0.2, 0.25) is 0 Å². The third kappa shape index (κ3) is 4.24. The average molecular weight is 473 g/mol. The first-order valence-electron chi connectivity index (χ1n) is 10.5. The topological polar surface area (TPSA) is 145 Å². The highest BCUT2D eigenvalue weighted by atomic mass is 16.6. The fourth-order valence-corrected chi connectivity index (χ4v) is 3.79. The molecule has 1 unspecified atom stereocenters. The van der Waals surface area contributed by atoms with Crippen LogP contribution in [0.5, 0.6) is 0 Å². The molecule has 0 aromatic heterocycles. The molecule has 0 fully saturated rings. The van der Waals surface area contributed by atoms with E-state index < -0.39 is 28.7 Å². The largest absolute Gasteiger partial charge is 0.449 e. The lowest BCUT2D eigenvalue weighted by molar-refractivity contribution is -0.384. The van der Waals surface area contributed by atoms with Gasteiger partial charge in [-0.2, -0.15) is 0 Å². The smallest absolute Gasteiger partial charge is 0.339 e. The van der Waals surface area contributed by atoms with Gasteiger partial charge in [-0.05, 0) is 25.1 Å². The van der Waals surface area contributed by atoms with Crippen LogP contribution in [0.1, 0.15) is 49.1 Å². The molecule has 0 heterocycles. The number of nitro benzene ring substituents is 1. The molecule has 176 valence electrons. The lowest BCUT2D eigenvalue weighted by Gasteiger charge is -2.21. The number of nitrogens with one attached hydrogen (secondary N) is 2. The number of fused-ring (bicyclic) bond motifs is 2. The monoisotopic (exact) mass is 473 g/mol. The quantitative estimate of drug-likeness (QED) is 0.245. The number of hydrogen-bond donors (Lipinski definition) is 2. The zero-order valence-corrected chi connectivity index (χ0v) is 18.7. The number of benzene rings is 3. The zero-order chi connectivity index (χ0) is 25.3. The van der Waals surface area contributed by atoms with Gasteiger partial charge in [-0.15, -0.1) is 0 Å². The summed E-state index contributed by atoms with van der Waals surface area (Å²) in [4.78, 5) is 61.8. The number of rotatable bonds is 6. The van der Waals surface area contributed by atoms with Crippen LogP contribution in [0.4, 0.5) is 17.1 Å². The Labute approximate surface area is 199 Å². The van der Waals surface area contributed by atoms with Gasteiger partial charge in [-0.25, -0.2) is 4.79 Å². The van der Waals surface area contributed by atoms with Crippen molar-refractivity contribution in [2.75, 3.05) is 17.7 Å². The van der Waals surface area contributed by atoms with Gasteiger partial charge in [0.15, 0.2) is 17.7 Å². The van der Waals surface area contributed by atoms with E-state index in [4.69, 9.17) is 4.74 Å².